The van der Waals surface area contributed by atoms with E-state index >= 15 is 0 Å². The number of ether oxygens (including phenoxy) is 1. The van der Waals surface area contributed by atoms with Gasteiger partial charge in [0.05, 0.1) is 17.2 Å². The Morgan fingerprint density at radius 2 is 1.49 bits per heavy atom. The largest absolute Gasteiger partial charge is 0.493 e. The lowest BCUT2D eigenvalue weighted by molar-refractivity contribution is -0.137. The van der Waals surface area contributed by atoms with Crippen LogP contribution in [0.15, 0.2) is 103 Å². The molecule has 0 saturated carbocycles. The molecule has 7 heteroatoms. The number of hydrogen-bond acceptors (Lipinski definition) is 3. The van der Waals surface area contributed by atoms with Crippen molar-refractivity contribution in [1.29, 1.82) is 0 Å². The van der Waals surface area contributed by atoms with Crippen LogP contribution in [0, 0.1) is 5.92 Å². The molecule has 0 unspecified atom stereocenters. The molecule has 4 aromatic carbocycles. The Morgan fingerprint density at radius 1 is 0.837 bits per heavy atom. The molecular formula is C36H40ClF3N2O. The summed E-state index contributed by atoms with van der Waals surface area (Å²) in [5, 5.41) is 3.20. The number of alkyl halides is 3. The van der Waals surface area contributed by atoms with Gasteiger partial charge >= 0.3 is 6.18 Å². The van der Waals surface area contributed by atoms with Crippen molar-refractivity contribution in [1.82, 2.24) is 4.90 Å². The van der Waals surface area contributed by atoms with Gasteiger partial charge in [-0.2, -0.15) is 13.2 Å². The maximum absolute atomic E-state index is 13.6. The number of halogens is 4. The molecule has 0 aromatic heterocycles. The van der Waals surface area contributed by atoms with Crippen molar-refractivity contribution >= 4 is 17.3 Å². The first-order valence-corrected chi connectivity index (χ1v) is 15.2. The van der Waals surface area contributed by atoms with Crippen molar-refractivity contribution in [3.05, 3.63) is 130 Å². The molecule has 0 aliphatic carbocycles. The molecule has 0 fully saturated rings. The summed E-state index contributed by atoms with van der Waals surface area (Å²) in [6.07, 6.45) is -2.73. The Morgan fingerprint density at radius 3 is 2.12 bits per heavy atom. The van der Waals surface area contributed by atoms with Crippen molar-refractivity contribution in [2.75, 3.05) is 31.6 Å². The monoisotopic (exact) mass is 608 g/mol. The van der Waals surface area contributed by atoms with Gasteiger partial charge in [-0.3, -0.25) is 4.90 Å². The number of benzene rings is 4. The van der Waals surface area contributed by atoms with E-state index in [4.69, 9.17) is 16.3 Å². The zero-order valence-corrected chi connectivity index (χ0v) is 25.5. The molecular weight excluding hydrogens is 569 g/mol. The number of nitrogens with zero attached hydrogens (tertiary/aromatic N) is 1. The van der Waals surface area contributed by atoms with E-state index in [0.29, 0.717) is 37.6 Å². The fourth-order valence-corrected chi connectivity index (χ4v) is 5.40. The molecule has 1 N–H and O–H groups in total. The van der Waals surface area contributed by atoms with Gasteiger partial charge in [-0.25, -0.2) is 0 Å². The lowest BCUT2D eigenvalue weighted by atomic mass is 9.90. The van der Waals surface area contributed by atoms with E-state index in [9.17, 15) is 13.2 Å². The third-order valence-corrected chi connectivity index (χ3v) is 7.84. The van der Waals surface area contributed by atoms with Crippen molar-refractivity contribution in [3.63, 3.8) is 0 Å². The summed E-state index contributed by atoms with van der Waals surface area (Å²) >= 11 is 6.34. The summed E-state index contributed by atoms with van der Waals surface area (Å²) < 4.78 is 47.0. The molecule has 0 aliphatic rings. The van der Waals surface area contributed by atoms with Gasteiger partial charge in [-0.1, -0.05) is 104 Å². The quantitative estimate of drug-likeness (QED) is 0.136. The van der Waals surface area contributed by atoms with Gasteiger partial charge in [0.15, 0.2) is 0 Å². The molecule has 0 spiro atoms. The van der Waals surface area contributed by atoms with Crippen molar-refractivity contribution in [3.8, 4) is 5.75 Å². The first-order valence-electron chi connectivity index (χ1n) is 14.8. The van der Waals surface area contributed by atoms with Crippen LogP contribution in [0.4, 0.5) is 18.9 Å². The molecule has 0 saturated heterocycles. The van der Waals surface area contributed by atoms with Crippen molar-refractivity contribution < 1.29 is 17.9 Å². The second-order valence-corrected chi connectivity index (χ2v) is 11.6. The van der Waals surface area contributed by atoms with Gasteiger partial charge < -0.3 is 10.1 Å². The van der Waals surface area contributed by atoms with Crippen LogP contribution in [-0.2, 0) is 12.7 Å². The molecule has 0 aliphatic heterocycles. The molecule has 0 amide bonds. The lowest BCUT2D eigenvalue weighted by Crippen LogP contribution is -2.31. The maximum atomic E-state index is 13.6. The minimum Gasteiger partial charge on any atom is -0.493 e. The molecule has 0 atom stereocenters. The predicted molar refractivity (Wildman–Crippen MR) is 171 cm³/mol. The second-order valence-electron chi connectivity index (χ2n) is 11.2. The zero-order chi connectivity index (χ0) is 30.7. The van der Waals surface area contributed by atoms with Crippen LogP contribution in [0.1, 0.15) is 54.9 Å². The summed E-state index contributed by atoms with van der Waals surface area (Å²) in [7, 11) is 0. The fraction of sp³-hybridized carbons (Fsp3) is 0.333. The van der Waals surface area contributed by atoms with E-state index in [1.165, 1.54) is 6.07 Å². The Hall–Kier alpha value is -3.48. The van der Waals surface area contributed by atoms with Crippen LogP contribution in [-0.4, -0.2) is 31.1 Å². The van der Waals surface area contributed by atoms with E-state index in [1.54, 1.807) is 6.07 Å². The molecule has 3 nitrogen and oxygen atoms in total. The highest BCUT2D eigenvalue weighted by Crippen LogP contribution is 2.37. The molecule has 228 valence electrons. The van der Waals surface area contributed by atoms with E-state index in [0.717, 1.165) is 41.6 Å². The molecule has 4 aromatic rings. The van der Waals surface area contributed by atoms with E-state index in [2.05, 4.69) is 48.3 Å². The molecule has 0 bridgehead atoms. The normalized spacial score (nSPS) is 11.8. The Kier molecular flexibility index (Phi) is 11.9. The van der Waals surface area contributed by atoms with Crippen LogP contribution < -0.4 is 10.1 Å². The first kappa shape index (κ1) is 32.4. The Balaban J connectivity index is 1.50. The Labute approximate surface area is 258 Å². The van der Waals surface area contributed by atoms with Crippen LogP contribution in [0.5, 0.6) is 5.75 Å². The average Bonchev–Trinajstić information content (AvgIpc) is 2.99. The first-order chi connectivity index (χ1) is 20.7. The molecule has 0 radical (unpaired) electrons. The minimum atomic E-state index is -4.51. The minimum absolute atomic E-state index is 0.0292. The third kappa shape index (κ3) is 10.0. The number of hydrogen-bond donors (Lipinski definition) is 1. The lowest BCUT2D eigenvalue weighted by Gasteiger charge is -2.29. The van der Waals surface area contributed by atoms with E-state index < -0.39 is 11.7 Å². The summed E-state index contributed by atoms with van der Waals surface area (Å²) in [5.74, 6) is 1.44. The van der Waals surface area contributed by atoms with Crippen LogP contribution in [0.3, 0.4) is 0 Å². The molecule has 4 rings (SSSR count). The van der Waals surface area contributed by atoms with Crippen molar-refractivity contribution in [2.24, 2.45) is 5.92 Å². The smallest absolute Gasteiger partial charge is 0.417 e. The SMILES string of the molecule is CC(C)CCNc1cccc(OCCCN(Cc2cccc(C(F)(F)F)c2Cl)CC(c2ccccc2)c2ccccc2)c1. The van der Waals surface area contributed by atoms with Gasteiger partial charge in [-0.05, 0) is 53.6 Å². The number of nitrogens with one attached hydrogen (secondary N) is 1. The van der Waals surface area contributed by atoms with Crippen LogP contribution in [0.25, 0.3) is 0 Å². The zero-order valence-electron chi connectivity index (χ0n) is 24.8. The van der Waals surface area contributed by atoms with Crippen LogP contribution >= 0.6 is 11.6 Å². The predicted octanol–water partition coefficient (Wildman–Crippen LogP) is 9.92. The Bertz CT molecular complexity index is 1360. The summed E-state index contributed by atoms with van der Waals surface area (Å²) in [5.41, 5.74) is 2.96. The highest BCUT2D eigenvalue weighted by Gasteiger charge is 2.34. The van der Waals surface area contributed by atoms with Gasteiger partial charge in [0, 0.05) is 43.9 Å². The van der Waals surface area contributed by atoms with Gasteiger partial charge in [0.2, 0.25) is 0 Å². The fourth-order valence-electron chi connectivity index (χ4n) is 5.11. The summed E-state index contributed by atoms with van der Waals surface area (Å²) in [6, 6.07) is 32.5. The van der Waals surface area contributed by atoms with E-state index in [-0.39, 0.29) is 17.5 Å². The summed E-state index contributed by atoms with van der Waals surface area (Å²) in [6.45, 7) is 7.29. The second kappa shape index (κ2) is 15.8. The highest BCUT2D eigenvalue weighted by molar-refractivity contribution is 6.32. The molecule has 43 heavy (non-hydrogen) atoms. The molecule has 0 heterocycles. The van der Waals surface area contributed by atoms with Gasteiger partial charge in [0.25, 0.3) is 0 Å². The van der Waals surface area contributed by atoms with Crippen LogP contribution in [0.2, 0.25) is 5.02 Å². The van der Waals surface area contributed by atoms with Crippen molar-refractivity contribution in [2.45, 2.75) is 45.3 Å². The van der Waals surface area contributed by atoms with Gasteiger partial charge in [0.1, 0.15) is 5.75 Å². The number of rotatable bonds is 15. The average molecular weight is 609 g/mol. The van der Waals surface area contributed by atoms with Gasteiger partial charge in [-0.15, -0.1) is 0 Å². The highest BCUT2D eigenvalue weighted by atomic mass is 35.5. The standard InChI is InChI=1S/C36H40ClF3N2O/c1-27(2)20-21-41-31-17-10-18-32(24-31)43-23-11-22-42(25-30-16-9-19-34(35(30)37)36(38,39)40)26-33(28-12-5-3-6-13-28)29-14-7-4-8-15-29/h3-10,12-19,24,27,33,41H,11,20-23,25-26H2,1-2H3. The van der Waals surface area contributed by atoms with E-state index in [1.807, 2.05) is 60.7 Å². The third-order valence-electron chi connectivity index (χ3n) is 7.39. The topological polar surface area (TPSA) is 24.5 Å². The summed E-state index contributed by atoms with van der Waals surface area (Å²) in [4.78, 5) is 2.18. The maximum Gasteiger partial charge on any atom is 0.417 e. The number of anilines is 1.